The number of hydrogen-bond donors (Lipinski definition) is 1. The van der Waals surface area contributed by atoms with E-state index in [0.29, 0.717) is 0 Å². The number of nitrogens with zero attached hydrogens (tertiary/aromatic N) is 1. The quantitative estimate of drug-likeness (QED) is 0.798. The van der Waals surface area contributed by atoms with Crippen LogP contribution in [0.3, 0.4) is 0 Å². The van der Waals surface area contributed by atoms with Gasteiger partial charge in [-0.3, -0.25) is 0 Å². The molecule has 0 saturated carbocycles. The number of aromatic amines is 1. The Labute approximate surface area is 154 Å². The van der Waals surface area contributed by atoms with E-state index in [0.717, 1.165) is 42.5 Å². The van der Waals surface area contributed by atoms with Crippen LogP contribution < -0.4 is 4.74 Å². The van der Waals surface area contributed by atoms with Crippen molar-refractivity contribution in [3.05, 3.63) is 30.0 Å². The molecule has 1 unspecified atom stereocenters. The van der Waals surface area contributed by atoms with Gasteiger partial charge in [-0.25, -0.2) is 0 Å². The number of nitrogens with one attached hydrogen (secondary N) is 1. The van der Waals surface area contributed by atoms with E-state index >= 15 is 0 Å². The Morgan fingerprint density at radius 2 is 2.00 bits per heavy atom. The van der Waals surface area contributed by atoms with E-state index in [2.05, 4.69) is 4.98 Å². The molecule has 1 saturated heterocycles. The summed E-state index contributed by atoms with van der Waals surface area (Å²) in [7, 11) is 27.6. The molecule has 3 rings (SSSR count). The number of fused-ring (bicyclic) bond motifs is 1. The van der Waals surface area contributed by atoms with Gasteiger partial charge in [0.25, 0.3) is 0 Å². The normalized spacial score (nSPS) is 19.5. The maximum Gasteiger partial charge on any atom is 0.119 e. The number of benzene rings is 1. The minimum atomic E-state index is -1.64. The van der Waals surface area contributed by atoms with Gasteiger partial charge >= 0.3 is 0 Å². The molecule has 8 heteroatoms. The number of H-pyrrole nitrogens is 1. The molecule has 1 aromatic carbocycles. The van der Waals surface area contributed by atoms with Crippen molar-refractivity contribution in [3.8, 4) is 5.75 Å². The molecule has 0 amide bonds. The number of rotatable bonds is 6. The van der Waals surface area contributed by atoms with E-state index in [4.69, 9.17) is 40.9 Å². The van der Waals surface area contributed by atoms with Gasteiger partial charge in [0.15, 0.2) is 0 Å². The van der Waals surface area contributed by atoms with E-state index in [9.17, 15) is 0 Å². The molecule has 0 aliphatic carbocycles. The molecule has 0 bridgehead atoms. The first-order valence-corrected chi connectivity index (χ1v) is 8.41. The molecule has 122 valence electrons. The van der Waals surface area contributed by atoms with Crippen molar-refractivity contribution >= 4 is 42.3 Å². The second-order valence-electron chi connectivity index (χ2n) is 6.74. The van der Waals surface area contributed by atoms with Crippen molar-refractivity contribution in [1.82, 2.24) is 9.88 Å². The van der Waals surface area contributed by atoms with E-state index < -0.39 is 10.7 Å². The predicted molar refractivity (Wildman–Crippen MR) is 104 cm³/mol. The Bertz CT molecular complexity index is 747. The Kier molecular flexibility index (Phi) is 5.04. The first-order valence-electron chi connectivity index (χ1n) is 8.41. The first kappa shape index (κ1) is 18.5. The van der Waals surface area contributed by atoms with E-state index in [-0.39, 0.29) is 6.04 Å². The highest BCUT2D eigenvalue weighted by Crippen LogP contribution is 2.33. The maximum absolute atomic E-state index is 6.29. The zero-order valence-electron chi connectivity index (χ0n) is 14.8. The monoisotopic (exact) mass is 328 g/mol. The maximum atomic E-state index is 6.29. The number of hydrogen-bond acceptors (Lipinski definition) is 3. The topological polar surface area (TPSA) is 37.5 Å². The first-order chi connectivity index (χ1) is 11.8. The van der Waals surface area contributed by atoms with Crippen LogP contribution in [-0.4, -0.2) is 78.8 Å². The lowest BCUT2D eigenvalue weighted by atomic mass is 9.39. The Balaban J connectivity index is 1.87. The zero-order chi connectivity index (χ0) is 18.2. The van der Waals surface area contributed by atoms with Crippen molar-refractivity contribution in [1.29, 1.82) is 0 Å². The van der Waals surface area contributed by atoms with Gasteiger partial charge in [0, 0.05) is 30.3 Å². The van der Waals surface area contributed by atoms with Gasteiger partial charge in [-0.1, -0.05) is 0 Å². The molecule has 1 aliphatic rings. The molecule has 8 radical (unpaired) electrons. The third-order valence-corrected chi connectivity index (χ3v) is 5.25. The molecule has 4 nitrogen and oxygen atoms in total. The lowest BCUT2D eigenvalue weighted by Crippen LogP contribution is -2.68. The highest BCUT2D eigenvalue weighted by atomic mass is 16.5. The average Bonchev–Trinajstić information content (AvgIpc) is 3.22. The van der Waals surface area contributed by atoms with Crippen LogP contribution in [0.15, 0.2) is 24.4 Å². The highest BCUT2D eigenvalue weighted by molar-refractivity contribution is 6.53. The van der Waals surface area contributed by atoms with Crippen LogP contribution in [0.25, 0.3) is 10.9 Å². The van der Waals surface area contributed by atoms with Crippen LogP contribution in [0.2, 0.25) is 0 Å². The fourth-order valence-electron chi connectivity index (χ4n) is 3.63. The third-order valence-electron chi connectivity index (χ3n) is 5.25. The van der Waals surface area contributed by atoms with Crippen LogP contribution in [0.5, 0.6) is 5.75 Å². The molecular formula is C17H20B4N2O2. The Morgan fingerprint density at radius 3 is 2.68 bits per heavy atom. The fraction of sp³-hybridized carbons (Fsp3) is 0.529. The number of aromatic nitrogens is 1. The summed E-state index contributed by atoms with van der Waals surface area (Å²) in [6, 6.07) is 6.10. The molecule has 25 heavy (non-hydrogen) atoms. The summed E-state index contributed by atoms with van der Waals surface area (Å²) < 4.78 is 10.5. The standard InChI is InChI=1S/C17H20B4N2O2/c1-24-13-5-6-15-14(9-13)11(10-22-15)8-12-4-3-7-23(12)16(18,19)17(20,21)25-2/h5-6,9-10,12,22H,3-4,7-8H2,1-2H3. The van der Waals surface area contributed by atoms with Gasteiger partial charge in [-0.05, 0) is 60.3 Å². The SMILES string of the molecule is [B]C([B])(OC)C([B])([B])N1CCCC1Cc1c[nH]c2ccc(OC)cc12. The van der Waals surface area contributed by atoms with E-state index in [1.165, 1.54) is 12.7 Å². The van der Waals surface area contributed by atoms with Crippen LogP contribution in [0.4, 0.5) is 0 Å². The van der Waals surface area contributed by atoms with Crippen LogP contribution in [0, 0.1) is 0 Å². The molecule has 1 N–H and O–H groups in total. The number of methoxy groups -OCH3 is 2. The zero-order valence-corrected chi connectivity index (χ0v) is 14.8. The molecule has 0 spiro atoms. The highest BCUT2D eigenvalue weighted by Gasteiger charge is 2.44. The lowest BCUT2D eigenvalue weighted by Gasteiger charge is -2.52. The van der Waals surface area contributed by atoms with Crippen LogP contribution in [-0.2, 0) is 11.2 Å². The molecule has 1 aromatic heterocycles. The second kappa shape index (κ2) is 6.81. The summed E-state index contributed by atoms with van der Waals surface area (Å²) in [5, 5.41) is -1.98. The van der Waals surface area contributed by atoms with Gasteiger partial charge in [-0.2, -0.15) is 0 Å². The van der Waals surface area contributed by atoms with Crippen molar-refractivity contribution in [3.63, 3.8) is 0 Å². The van der Waals surface area contributed by atoms with Gasteiger partial charge in [-0.15, -0.1) is 0 Å². The minimum Gasteiger partial charge on any atom is -0.497 e. The van der Waals surface area contributed by atoms with E-state index in [1.54, 1.807) is 7.11 Å². The van der Waals surface area contributed by atoms with Crippen LogP contribution in [0.1, 0.15) is 18.4 Å². The summed E-state index contributed by atoms with van der Waals surface area (Å²) in [4.78, 5) is 5.25. The largest absolute Gasteiger partial charge is 0.497 e. The summed E-state index contributed by atoms with van der Waals surface area (Å²) >= 11 is 0. The molecule has 2 aromatic rings. The van der Waals surface area contributed by atoms with E-state index in [1.807, 2.05) is 29.3 Å². The third kappa shape index (κ3) is 3.26. The van der Waals surface area contributed by atoms with Crippen LogP contribution >= 0.6 is 0 Å². The molecule has 1 fully saturated rings. The number of ether oxygens (including phenoxy) is 2. The minimum absolute atomic E-state index is 0.127. The Morgan fingerprint density at radius 1 is 1.24 bits per heavy atom. The molecule has 1 aliphatic heterocycles. The summed E-state index contributed by atoms with van der Waals surface area (Å²) in [6.45, 7) is 0.725. The van der Waals surface area contributed by atoms with Crippen molar-refractivity contribution in [2.75, 3.05) is 20.8 Å². The van der Waals surface area contributed by atoms with Gasteiger partial charge in [0.2, 0.25) is 0 Å². The number of likely N-dealkylation sites (tertiary alicyclic amines) is 1. The molecular weight excluding hydrogens is 307 g/mol. The smallest absolute Gasteiger partial charge is 0.119 e. The second-order valence-corrected chi connectivity index (χ2v) is 6.74. The predicted octanol–water partition coefficient (Wildman–Crippen LogP) is 0.811. The van der Waals surface area contributed by atoms with Crippen molar-refractivity contribution in [2.24, 2.45) is 0 Å². The fourth-order valence-corrected chi connectivity index (χ4v) is 3.63. The summed E-state index contributed by atoms with van der Waals surface area (Å²) in [6.07, 6.45) is 4.74. The van der Waals surface area contributed by atoms with Crippen molar-refractivity contribution in [2.45, 2.75) is 36.0 Å². The van der Waals surface area contributed by atoms with Gasteiger partial charge in [0.05, 0.1) is 38.5 Å². The lowest BCUT2D eigenvalue weighted by molar-refractivity contribution is 0.0444. The summed E-state index contributed by atoms with van der Waals surface area (Å²) in [5.41, 5.74) is 2.25. The molecule has 1 atom stereocenters. The van der Waals surface area contributed by atoms with Gasteiger partial charge in [0.1, 0.15) is 5.75 Å². The van der Waals surface area contributed by atoms with Gasteiger partial charge < -0.3 is 19.4 Å². The molecule has 2 heterocycles. The Hall–Kier alpha value is -1.26. The van der Waals surface area contributed by atoms with Crippen molar-refractivity contribution < 1.29 is 9.47 Å². The summed E-state index contributed by atoms with van der Waals surface area (Å²) in [5.74, 6) is 0.825. The average molecular weight is 328 g/mol.